The van der Waals surface area contributed by atoms with Gasteiger partial charge in [0.15, 0.2) is 0 Å². The van der Waals surface area contributed by atoms with E-state index in [0.717, 1.165) is 25.8 Å². The van der Waals surface area contributed by atoms with Crippen LogP contribution in [0.3, 0.4) is 0 Å². The summed E-state index contributed by atoms with van der Waals surface area (Å²) in [6, 6.07) is 0.0197. The first-order valence-corrected chi connectivity index (χ1v) is 7.62. The molecule has 0 radical (unpaired) electrons. The quantitative estimate of drug-likeness (QED) is 0.846. The van der Waals surface area contributed by atoms with Crippen LogP contribution in [-0.2, 0) is 4.79 Å². The molecule has 2 fully saturated rings. The van der Waals surface area contributed by atoms with E-state index in [1.165, 1.54) is 0 Å². The third-order valence-corrected chi connectivity index (χ3v) is 5.11. The molecule has 1 N–H and O–H groups in total. The zero-order valence-corrected chi connectivity index (χ0v) is 12.8. The van der Waals surface area contributed by atoms with Gasteiger partial charge in [-0.15, -0.1) is 0 Å². The molecule has 5 nitrogen and oxygen atoms in total. The molecule has 1 unspecified atom stereocenters. The van der Waals surface area contributed by atoms with Gasteiger partial charge < -0.3 is 14.9 Å². The van der Waals surface area contributed by atoms with E-state index in [-0.39, 0.29) is 11.6 Å². The summed E-state index contributed by atoms with van der Waals surface area (Å²) in [5.41, 5.74) is -0.857. The first-order chi connectivity index (χ1) is 9.32. The van der Waals surface area contributed by atoms with Crippen LogP contribution in [0.4, 0.5) is 4.79 Å². The van der Waals surface area contributed by atoms with Gasteiger partial charge >= 0.3 is 12.0 Å². The molecule has 2 heterocycles. The molecule has 0 aromatic heterocycles. The van der Waals surface area contributed by atoms with Crippen LogP contribution in [0.25, 0.3) is 0 Å². The standard InChI is InChI=1S/C15H26N2O3/c1-4-15(12(18)19)8-6-9-16(11-15)13(20)17-10-5-7-14(17,2)3/h4-11H2,1-3H3,(H,18,19). The Morgan fingerprint density at radius 1 is 1.15 bits per heavy atom. The molecular formula is C15H26N2O3. The Morgan fingerprint density at radius 3 is 2.30 bits per heavy atom. The van der Waals surface area contributed by atoms with Crippen molar-refractivity contribution in [2.75, 3.05) is 19.6 Å². The summed E-state index contributed by atoms with van der Waals surface area (Å²) in [4.78, 5) is 27.9. The van der Waals surface area contributed by atoms with Gasteiger partial charge in [0.05, 0.1) is 5.41 Å². The van der Waals surface area contributed by atoms with Gasteiger partial charge in [-0.25, -0.2) is 4.79 Å². The first kappa shape index (κ1) is 15.1. The zero-order valence-electron chi connectivity index (χ0n) is 12.8. The minimum atomic E-state index is -0.766. The molecular weight excluding hydrogens is 256 g/mol. The number of carbonyl (C=O) groups excluding carboxylic acids is 1. The van der Waals surface area contributed by atoms with Crippen LogP contribution < -0.4 is 0 Å². The van der Waals surface area contributed by atoms with Gasteiger partial charge in [-0.2, -0.15) is 0 Å². The van der Waals surface area contributed by atoms with E-state index in [1.807, 2.05) is 11.8 Å². The number of carbonyl (C=O) groups is 2. The lowest BCUT2D eigenvalue weighted by Crippen LogP contribution is -2.56. The monoisotopic (exact) mass is 282 g/mol. The number of hydrogen-bond acceptors (Lipinski definition) is 2. The average molecular weight is 282 g/mol. The highest BCUT2D eigenvalue weighted by Gasteiger charge is 2.45. The number of carboxylic acid groups (broad SMARTS) is 1. The molecule has 0 spiro atoms. The fourth-order valence-corrected chi connectivity index (χ4v) is 3.54. The maximum atomic E-state index is 12.7. The van der Waals surface area contributed by atoms with E-state index in [2.05, 4.69) is 13.8 Å². The van der Waals surface area contributed by atoms with Crippen molar-refractivity contribution in [2.45, 2.75) is 58.4 Å². The second-order valence-corrected chi connectivity index (χ2v) is 6.81. The van der Waals surface area contributed by atoms with E-state index in [0.29, 0.717) is 25.9 Å². The molecule has 0 aromatic rings. The molecule has 2 saturated heterocycles. The Morgan fingerprint density at radius 2 is 1.80 bits per heavy atom. The van der Waals surface area contributed by atoms with Crippen molar-refractivity contribution in [3.05, 3.63) is 0 Å². The van der Waals surface area contributed by atoms with E-state index >= 15 is 0 Å². The van der Waals surface area contributed by atoms with Crippen molar-refractivity contribution >= 4 is 12.0 Å². The second kappa shape index (κ2) is 5.26. The number of amides is 2. The number of aliphatic carboxylic acids is 1. The lowest BCUT2D eigenvalue weighted by atomic mass is 9.78. The minimum Gasteiger partial charge on any atom is -0.481 e. The lowest BCUT2D eigenvalue weighted by Gasteiger charge is -2.43. The SMILES string of the molecule is CCC1(C(=O)O)CCCN(C(=O)N2CCCC2(C)C)C1. The zero-order chi connectivity index (χ0) is 15.0. The number of nitrogens with zero attached hydrogens (tertiary/aromatic N) is 2. The number of rotatable bonds is 2. The van der Waals surface area contributed by atoms with Gasteiger partial charge in [-0.05, 0) is 46.0 Å². The van der Waals surface area contributed by atoms with E-state index < -0.39 is 11.4 Å². The maximum absolute atomic E-state index is 12.7. The Balaban J connectivity index is 2.13. The third-order valence-electron chi connectivity index (χ3n) is 5.11. The largest absolute Gasteiger partial charge is 0.481 e. The summed E-state index contributed by atoms with van der Waals surface area (Å²) in [7, 11) is 0. The number of carboxylic acids is 1. The number of piperidine rings is 1. The molecule has 0 saturated carbocycles. The molecule has 0 aromatic carbocycles. The first-order valence-electron chi connectivity index (χ1n) is 7.62. The van der Waals surface area contributed by atoms with Crippen LogP contribution in [0, 0.1) is 5.41 Å². The van der Waals surface area contributed by atoms with Crippen LogP contribution in [0.15, 0.2) is 0 Å². The van der Waals surface area contributed by atoms with Crippen LogP contribution in [0.2, 0.25) is 0 Å². The average Bonchev–Trinajstić information content (AvgIpc) is 2.77. The summed E-state index contributed by atoms with van der Waals surface area (Å²) in [5.74, 6) is -0.766. The van der Waals surface area contributed by atoms with Crippen molar-refractivity contribution in [2.24, 2.45) is 5.41 Å². The second-order valence-electron chi connectivity index (χ2n) is 6.81. The highest BCUT2D eigenvalue weighted by molar-refractivity contribution is 5.79. The van der Waals surface area contributed by atoms with E-state index in [4.69, 9.17) is 0 Å². The minimum absolute atomic E-state index is 0.0197. The van der Waals surface area contributed by atoms with Gasteiger partial charge in [-0.1, -0.05) is 6.92 Å². The molecule has 0 bridgehead atoms. The van der Waals surface area contributed by atoms with Crippen molar-refractivity contribution < 1.29 is 14.7 Å². The Labute approximate surface area is 120 Å². The van der Waals surface area contributed by atoms with E-state index in [1.54, 1.807) is 4.90 Å². The molecule has 114 valence electrons. The predicted octanol–water partition coefficient (Wildman–Crippen LogP) is 2.56. The predicted molar refractivity (Wildman–Crippen MR) is 76.6 cm³/mol. The van der Waals surface area contributed by atoms with Crippen molar-refractivity contribution in [3.63, 3.8) is 0 Å². The highest BCUT2D eigenvalue weighted by atomic mass is 16.4. The van der Waals surface area contributed by atoms with E-state index in [9.17, 15) is 14.7 Å². The van der Waals surface area contributed by atoms with Crippen molar-refractivity contribution in [3.8, 4) is 0 Å². The molecule has 2 rings (SSSR count). The molecule has 20 heavy (non-hydrogen) atoms. The smallest absolute Gasteiger partial charge is 0.320 e. The summed E-state index contributed by atoms with van der Waals surface area (Å²) in [6.07, 6.45) is 4.08. The molecule has 0 aliphatic carbocycles. The van der Waals surface area contributed by atoms with Crippen molar-refractivity contribution in [1.82, 2.24) is 9.80 Å². The molecule has 2 amide bonds. The van der Waals surface area contributed by atoms with Crippen LogP contribution in [0.5, 0.6) is 0 Å². The summed E-state index contributed by atoms with van der Waals surface area (Å²) in [6.45, 7) is 7.90. The van der Waals surface area contributed by atoms with Gasteiger partial charge in [-0.3, -0.25) is 4.79 Å². The number of urea groups is 1. The summed E-state index contributed by atoms with van der Waals surface area (Å²) >= 11 is 0. The maximum Gasteiger partial charge on any atom is 0.320 e. The van der Waals surface area contributed by atoms with Crippen LogP contribution in [-0.4, -0.2) is 52.1 Å². The fraction of sp³-hybridized carbons (Fsp3) is 0.867. The Hall–Kier alpha value is -1.26. The topological polar surface area (TPSA) is 60.9 Å². The van der Waals surface area contributed by atoms with Gasteiger partial charge in [0.2, 0.25) is 0 Å². The third kappa shape index (κ3) is 2.50. The number of likely N-dealkylation sites (tertiary alicyclic amines) is 2. The fourth-order valence-electron chi connectivity index (χ4n) is 3.54. The van der Waals surface area contributed by atoms with Crippen molar-refractivity contribution in [1.29, 1.82) is 0 Å². The number of hydrogen-bond donors (Lipinski definition) is 1. The molecule has 1 atom stereocenters. The summed E-state index contributed by atoms with van der Waals surface area (Å²) in [5, 5.41) is 9.50. The Bertz CT molecular complexity index is 408. The van der Waals surface area contributed by atoms with Gasteiger partial charge in [0.1, 0.15) is 0 Å². The lowest BCUT2D eigenvalue weighted by molar-refractivity contribution is -0.152. The summed E-state index contributed by atoms with van der Waals surface area (Å²) < 4.78 is 0. The van der Waals surface area contributed by atoms with Crippen LogP contribution >= 0.6 is 0 Å². The van der Waals surface area contributed by atoms with Crippen LogP contribution in [0.1, 0.15) is 52.9 Å². The van der Waals surface area contributed by atoms with Gasteiger partial charge in [0, 0.05) is 25.2 Å². The Kier molecular flexibility index (Phi) is 3.98. The highest BCUT2D eigenvalue weighted by Crippen LogP contribution is 2.36. The van der Waals surface area contributed by atoms with Gasteiger partial charge in [0.25, 0.3) is 0 Å². The normalized spacial score (nSPS) is 29.6. The molecule has 2 aliphatic rings. The molecule has 5 heteroatoms. The molecule has 2 aliphatic heterocycles.